The smallest absolute Gasteiger partial charge is 0.230 e. The molecule has 0 radical (unpaired) electrons. The summed E-state index contributed by atoms with van der Waals surface area (Å²) >= 11 is 0. The molecule has 0 spiro atoms. The highest BCUT2D eigenvalue weighted by Crippen LogP contribution is 2.01. The van der Waals surface area contributed by atoms with Crippen molar-refractivity contribution in [1.29, 1.82) is 0 Å². The van der Waals surface area contributed by atoms with E-state index in [0.717, 1.165) is 0 Å². The van der Waals surface area contributed by atoms with Gasteiger partial charge in [0.2, 0.25) is 11.6 Å². The van der Waals surface area contributed by atoms with E-state index in [2.05, 4.69) is 0 Å². The Morgan fingerprint density at radius 1 is 1.23 bits per heavy atom. The quantitative estimate of drug-likeness (QED) is 0.548. The van der Waals surface area contributed by atoms with Crippen molar-refractivity contribution < 1.29 is 9.59 Å². The number of carbonyl (C=O) groups is 2. The van der Waals surface area contributed by atoms with Crippen LogP contribution in [0, 0.1) is 0 Å². The first-order valence-electron chi connectivity index (χ1n) is 4.02. The summed E-state index contributed by atoms with van der Waals surface area (Å²) in [4.78, 5) is 22.5. The predicted molar refractivity (Wildman–Crippen MR) is 49.4 cm³/mol. The van der Waals surface area contributed by atoms with Gasteiger partial charge in [-0.05, 0) is 6.92 Å². The fraction of sp³-hybridized carbons (Fsp3) is 0.200. The summed E-state index contributed by atoms with van der Waals surface area (Å²) in [6.07, 6.45) is 0. The van der Waals surface area contributed by atoms with Crippen LogP contribution in [0.25, 0.3) is 0 Å². The third-order valence-corrected chi connectivity index (χ3v) is 1.67. The second-order valence-electron chi connectivity index (χ2n) is 2.85. The van der Waals surface area contributed by atoms with Crippen LogP contribution in [0.3, 0.4) is 0 Å². The van der Waals surface area contributed by atoms with Crippen molar-refractivity contribution in [3.8, 4) is 0 Å². The largest absolute Gasteiger partial charge is 0.321 e. The zero-order valence-electron chi connectivity index (χ0n) is 7.36. The van der Waals surface area contributed by atoms with Crippen LogP contribution < -0.4 is 5.73 Å². The molecule has 13 heavy (non-hydrogen) atoms. The van der Waals surface area contributed by atoms with Crippen LogP contribution in [0.1, 0.15) is 17.3 Å². The summed E-state index contributed by atoms with van der Waals surface area (Å²) in [5, 5.41) is 0. The standard InChI is InChI=1S/C10H11NO2/c1-7(11)9(12)10(13)8-5-3-2-4-6-8/h2-7H,11H2,1H3/t7-/m0/s1. The lowest BCUT2D eigenvalue weighted by molar-refractivity contribution is -0.115. The van der Waals surface area contributed by atoms with Gasteiger partial charge in [0, 0.05) is 5.56 Å². The number of Topliss-reactive ketones (excluding diaryl/α,β-unsaturated/α-hetero) is 2. The van der Waals surface area contributed by atoms with Crippen molar-refractivity contribution in [2.75, 3.05) is 0 Å². The van der Waals surface area contributed by atoms with Gasteiger partial charge in [0.05, 0.1) is 6.04 Å². The van der Waals surface area contributed by atoms with Gasteiger partial charge in [-0.15, -0.1) is 0 Å². The zero-order valence-corrected chi connectivity index (χ0v) is 7.36. The maximum Gasteiger partial charge on any atom is 0.230 e. The minimum absolute atomic E-state index is 0.393. The number of hydrogen-bond donors (Lipinski definition) is 1. The number of rotatable bonds is 3. The average Bonchev–Trinajstić information content (AvgIpc) is 2.17. The van der Waals surface area contributed by atoms with Gasteiger partial charge in [-0.1, -0.05) is 30.3 Å². The molecule has 1 aromatic rings. The minimum Gasteiger partial charge on any atom is -0.321 e. The van der Waals surface area contributed by atoms with Gasteiger partial charge in [0.15, 0.2) is 0 Å². The first-order valence-corrected chi connectivity index (χ1v) is 4.02. The molecule has 0 amide bonds. The van der Waals surface area contributed by atoms with E-state index >= 15 is 0 Å². The van der Waals surface area contributed by atoms with E-state index in [0.29, 0.717) is 5.56 Å². The molecule has 0 fully saturated rings. The SMILES string of the molecule is C[C@H](N)C(=O)C(=O)c1ccccc1. The van der Waals surface area contributed by atoms with Gasteiger partial charge >= 0.3 is 0 Å². The molecular weight excluding hydrogens is 166 g/mol. The van der Waals surface area contributed by atoms with Gasteiger partial charge < -0.3 is 5.73 Å². The highest BCUT2D eigenvalue weighted by Gasteiger charge is 2.18. The van der Waals surface area contributed by atoms with Gasteiger partial charge in [-0.25, -0.2) is 0 Å². The molecule has 0 aliphatic rings. The van der Waals surface area contributed by atoms with E-state index in [4.69, 9.17) is 5.73 Å². The summed E-state index contributed by atoms with van der Waals surface area (Å²) < 4.78 is 0. The Morgan fingerprint density at radius 3 is 2.23 bits per heavy atom. The van der Waals surface area contributed by atoms with E-state index in [-0.39, 0.29) is 0 Å². The molecule has 2 N–H and O–H groups in total. The normalized spacial score (nSPS) is 12.2. The number of benzene rings is 1. The lowest BCUT2D eigenvalue weighted by atomic mass is 10.0. The predicted octanol–water partition coefficient (Wildman–Crippen LogP) is 0.786. The fourth-order valence-corrected chi connectivity index (χ4v) is 0.939. The Bertz CT molecular complexity index is 317. The van der Waals surface area contributed by atoms with Gasteiger partial charge in [-0.2, -0.15) is 0 Å². The number of nitrogens with two attached hydrogens (primary N) is 1. The van der Waals surface area contributed by atoms with Crippen LogP contribution in [-0.4, -0.2) is 17.6 Å². The third-order valence-electron chi connectivity index (χ3n) is 1.67. The Labute approximate surface area is 76.6 Å². The average molecular weight is 177 g/mol. The number of carbonyl (C=O) groups excluding carboxylic acids is 2. The molecular formula is C10H11NO2. The van der Waals surface area contributed by atoms with E-state index < -0.39 is 17.6 Å². The highest BCUT2D eigenvalue weighted by molar-refractivity contribution is 6.45. The van der Waals surface area contributed by atoms with E-state index in [9.17, 15) is 9.59 Å². The van der Waals surface area contributed by atoms with Crippen LogP contribution in [0.5, 0.6) is 0 Å². The lowest BCUT2D eigenvalue weighted by Gasteiger charge is -2.02. The molecule has 0 unspecified atom stereocenters. The topological polar surface area (TPSA) is 60.2 Å². The number of ketones is 2. The maximum atomic E-state index is 11.4. The Hall–Kier alpha value is -1.48. The molecule has 0 saturated carbocycles. The van der Waals surface area contributed by atoms with Crippen molar-refractivity contribution in [3.63, 3.8) is 0 Å². The van der Waals surface area contributed by atoms with Crippen molar-refractivity contribution in [1.82, 2.24) is 0 Å². The Morgan fingerprint density at radius 2 is 1.77 bits per heavy atom. The summed E-state index contributed by atoms with van der Waals surface area (Å²) in [7, 11) is 0. The van der Waals surface area contributed by atoms with E-state index in [1.54, 1.807) is 30.3 Å². The molecule has 0 heterocycles. The molecule has 0 bridgehead atoms. The second kappa shape index (κ2) is 3.96. The molecule has 68 valence electrons. The van der Waals surface area contributed by atoms with Crippen LogP contribution in [0.2, 0.25) is 0 Å². The molecule has 3 nitrogen and oxygen atoms in total. The molecule has 1 aromatic carbocycles. The Balaban J connectivity index is 2.87. The fourth-order valence-electron chi connectivity index (χ4n) is 0.939. The molecule has 1 rings (SSSR count). The monoisotopic (exact) mass is 177 g/mol. The molecule has 3 heteroatoms. The lowest BCUT2D eigenvalue weighted by Crippen LogP contribution is -2.33. The van der Waals surface area contributed by atoms with Crippen LogP contribution in [0.4, 0.5) is 0 Å². The second-order valence-corrected chi connectivity index (χ2v) is 2.85. The third kappa shape index (κ3) is 2.23. The molecule has 0 aromatic heterocycles. The maximum absolute atomic E-state index is 11.4. The molecule has 0 saturated heterocycles. The van der Waals surface area contributed by atoms with Crippen molar-refractivity contribution in [3.05, 3.63) is 35.9 Å². The zero-order chi connectivity index (χ0) is 9.84. The molecule has 1 atom stereocenters. The van der Waals surface area contributed by atoms with Crippen molar-refractivity contribution in [2.24, 2.45) is 5.73 Å². The molecule has 0 aliphatic heterocycles. The van der Waals surface area contributed by atoms with Crippen LogP contribution in [-0.2, 0) is 4.79 Å². The summed E-state index contributed by atoms with van der Waals surface area (Å²) in [5.41, 5.74) is 5.70. The first kappa shape index (κ1) is 9.61. The van der Waals surface area contributed by atoms with Crippen LogP contribution in [0.15, 0.2) is 30.3 Å². The highest BCUT2D eigenvalue weighted by atomic mass is 16.2. The summed E-state index contributed by atoms with van der Waals surface area (Å²) in [6.45, 7) is 1.50. The van der Waals surface area contributed by atoms with Crippen LogP contribution >= 0.6 is 0 Å². The minimum atomic E-state index is -0.729. The van der Waals surface area contributed by atoms with E-state index in [1.165, 1.54) is 6.92 Å². The van der Waals surface area contributed by atoms with Gasteiger partial charge in [0.25, 0.3) is 0 Å². The summed E-state index contributed by atoms with van der Waals surface area (Å²) in [6, 6.07) is 7.68. The van der Waals surface area contributed by atoms with Crippen molar-refractivity contribution >= 4 is 11.6 Å². The van der Waals surface area contributed by atoms with Gasteiger partial charge in [-0.3, -0.25) is 9.59 Å². The van der Waals surface area contributed by atoms with Gasteiger partial charge in [0.1, 0.15) is 0 Å². The summed E-state index contributed by atoms with van der Waals surface area (Å²) in [5.74, 6) is -1.07. The molecule has 0 aliphatic carbocycles. The first-order chi connectivity index (χ1) is 6.13. The van der Waals surface area contributed by atoms with E-state index in [1.807, 2.05) is 0 Å². The number of hydrogen-bond acceptors (Lipinski definition) is 3. The van der Waals surface area contributed by atoms with Crippen molar-refractivity contribution in [2.45, 2.75) is 13.0 Å². The Kier molecular flexibility index (Phi) is 2.93.